The van der Waals surface area contributed by atoms with Gasteiger partial charge in [-0.05, 0) is 37.4 Å². The Hall–Kier alpha value is -1.04. The van der Waals surface area contributed by atoms with Crippen LogP contribution in [0.5, 0.6) is 0 Å². The highest BCUT2D eigenvalue weighted by atomic mass is 32.2. The summed E-state index contributed by atoms with van der Waals surface area (Å²) in [4.78, 5) is 36.5. The van der Waals surface area contributed by atoms with Gasteiger partial charge in [0.25, 0.3) is 0 Å². The molecule has 39 heavy (non-hydrogen) atoms. The molecule has 232 valence electrons. The van der Waals surface area contributed by atoms with Crippen LogP contribution in [0.25, 0.3) is 0 Å². The molecule has 0 spiro atoms. The molecule has 0 saturated heterocycles. The van der Waals surface area contributed by atoms with Crippen LogP contribution in [0.3, 0.4) is 0 Å². The minimum Gasteiger partial charge on any atom is -0.466 e. The largest absolute Gasteiger partial charge is 0.466 e. The summed E-state index contributed by atoms with van der Waals surface area (Å²) in [6.07, 6.45) is 20.2. The van der Waals surface area contributed by atoms with E-state index in [-0.39, 0.29) is 17.8 Å². The van der Waals surface area contributed by atoms with Crippen molar-refractivity contribution in [3.8, 4) is 0 Å². The third-order valence-electron chi connectivity index (χ3n) is 6.89. The first-order valence-electron chi connectivity index (χ1n) is 16.4. The Kier molecular flexibility index (Phi) is 32.4. The topological polar surface area (TPSA) is 72.5 Å². The quantitative estimate of drug-likeness (QED) is 0.0604. The molecular weight excluding hydrogens is 506 g/mol. The molecule has 0 fully saturated rings. The number of ether oxygens (including phenoxy) is 1. The number of thioether (sulfide) groups is 1. The van der Waals surface area contributed by atoms with E-state index >= 15 is 0 Å². The summed E-state index contributed by atoms with van der Waals surface area (Å²) in [6, 6.07) is -0.444. The molecule has 6 heteroatoms. The maximum atomic E-state index is 13.0. The average Bonchev–Trinajstić information content (AvgIpc) is 2.93. The molecule has 0 rings (SSSR count). The van der Waals surface area contributed by atoms with E-state index in [1.165, 1.54) is 64.2 Å². The number of hydrogen-bond acceptors (Lipinski definition) is 5. The van der Waals surface area contributed by atoms with Crippen LogP contribution in [-0.2, 0) is 19.1 Å². The van der Waals surface area contributed by atoms with Gasteiger partial charge < -0.3 is 14.8 Å². The van der Waals surface area contributed by atoms with Gasteiger partial charge in [0.1, 0.15) is 6.29 Å². The van der Waals surface area contributed by atoms with Crippen molar-refractivity contribution in [2.45, 2.75) is 163 Å². The molecule has 0 heterocycles. The number of hydrogen-bond donors (Lipinski definition) is 1. The van der Waals surface area contributed by atoms with Gasteiger partial charge in [-0.2, -0.15) is 11.8 Å². The Bertz CT molecular complexity index is 556. The smallest absolute Gasteiger partial charge is 0.306 e. The third kappa shape index (κ3) is 28.3. The zero-order valence-electron chi connectivity index (χ0n) is 26.7. The van der Waals surface area contributed by atoms with E-state index in [2.05, 4.69) is 33.0 Å². The first kappa shape index (κ1) is 40.1. The summed E-state index contributed by atoms with van der Waals surface area (Å²) < 4.78 is 5.32. The Balaban J connectivity index is 0. The van der Waals surface area contributed by atoms with Crippen LogP contribution in [-0.4, -0.2) is 42.3 Å². The summed E-state index contributed by atoms with van der Waals surface area (Å²) in [5.41, 5.74) is 0. The van der Waals surface area contributed by atoms with E-state index in [9.17, 15) is 14.4 Å². The predicted octanol–water partition coefficient (Wildman–Crippen LogP) is 9.31. The summed E-state index contributed by atoms with van der Waals surface area (Å²) in [7, 11) is 0. The van der Waals surface area contributed by atoms with Gasteiger partial charge >= 0.3 is 5.97 Å². The van der Waals surface area contributed by atoms with Crippen LogP contribution in [0.1, 0.15) is 157 Å². The number of carbonyl (C=O) groups is 3. The highest BCUT2D eigenvalue weighted by Crippen LogP contribution is 2.20. The van der Waals surface area contributed by atoms with E-state index in [0.717, 1.165) is 56.5 Å². The first-order chi connectivity index (χ1) is 18.9. The summed E-state index contributed by atoms with van der Waals surface area (Å²) >= 11 is 1.64. The van der Waals surface area contributed by atoms with Gasteiger partial charge in [-0.15, -0.1) is 0 Å². The molecule has 0 saturated carbocycles. The lowest BCUT2D eigenvalue weighted by molar-refractivity contribution is -0.143. The van der Waals surface area contributed by atoms with Crippen molar-refractivity contribution in [1.82, 2.24) is 5.32 Å². The number of carbonyl (C=O) groups excluding carboxylic acids is 3. The zero-order valence-corrected chi connectivity index (χ0v) is 27.5. The van der Waals surface area contributed by atoms with Gasteiger partial charge in [-0.25, -0.2) is 0 Å². The number of nitrogens with one attached hydrogen (secondary N) is 1. The van der Waals surface area contributed by atoms with Gasteiger partial charge in [0.05, 0.1) is 19.1 Å². The molecule has 0 aliphatic carbocycles. The average molecular weight is 572 g/mol. The van der Waals surface area contributed by atoms with E-state index < -0.39 is 6.04 Å². The maximum absolute atomic E-state index is 13.0. The number of esters is 1. The molecule has 0 aliphatic rings. The molecule has 0 aromatic heterocycles. The first-order valence-corrected chi connectivity index (χ1v) is 17.6. The van der Waals surface area contributed by atoms with Crippen molar-refractivity contribution < 1.29 is 19.1 Å². The van der Waals surface area contributed by atoms with E-state index in [1.807, 2.05) is 13.8 Å². The second-order valence-corrected chi connectivity index (χ2v) is 12.2. The molecule has 0 radical (unpaired) electrons. The van der Waals surface area contributed by atoms with Gasteiger partial charge in [-0.3, -0.25) is 9.59 Å². The normalized spacial score (nSPS) is 12.4. The van der Waals surface area contributed by atoms with Gasteiger partial charge in [0, 0.05) is 11.7 Å². The molecule has 2 unspecified atom stereocenters. The summed E-state index contributed by atoms with van der Waals surface area (Å²) in [5.74, 6) is 2.07. The van der Waals surface area contributed by atoms with Crippen LogP contribution in [0, 0.1) is 11.8 Å². The fourth-order valence-electron chi connectivity index (χ4n) is 4.43. The van der Waals surface area contributed by atoms with Crippen LogP contribution < -0.4 is 5.32 Å². The molecule has 5 nitrogen and oxygen atoms in total. The second-order valence-electron chi connectivity index (χ2n) is 11.0. The fraction of sp³-hybridized carbons (Fsp3) is 0.909. The minimum atomic E-state index is -0.444. The monoisotopic (exact) mass is 571 g/mol. The molecule has 0 aliphatic heterocycles. The third-order valence-corrected chi connectivity index (χ3v) is 7.90. The minimum absolute atomic E-state index is 0.0123. The van der Waals surface area contributed by atoms with Crippen molar-refractivity contribution in [3.63, 3.8) is 0 Å². The molecule has 0 aromatic rings. The molecule has 2 atom stereocenters. The number of aldehydes is 1. The highest BCUT2D eigenvalue weighted by Gasteiger charge is 2.21. The summed E-state index contributed by atoms with van der Waals surface area (Å²) in [5, 5.41) is 3.01. The predicted molar refractivity (Wildman–Crippen MR) is 170 cm³/mol. The van der Waals surface area contributed by atoms with Crippen LogP contribution in [0.15, 0.2) is 0 Å². The second kappa shape index (κ2) is 31.5. The van der Waals surface area contributed by atoms with Gasteiger partial charge in [-0.1, -0.05) is 125 Å². The van der Waals surface area contributed by atoms with E-state index in [1.54, 1.807) is 11.8 Å². The van der Waals surface area contributed by atoms with Crippen molar-refractivity contribution in [2.24, 2.45) is 11.8 Å². The van der Waals surface area contributed by atoms with Crippen molar-refractivity contribution in [3.05, 3.63) is 0 Å². The van der Waals surface area contributed by atoms with Gasteiger partial charge in [0.2, 0.25) is 5.91 Å². The fourth-order valence-corrected chi connectivity index (χ4v) is 5.36. The maximum Gasteiger partial charge on any atom is 0.306 e. The lowest BCUT2D eigenvalue weighted by Gasteiger charge is -2.20. The van der Waals surface area contributed by atoms with E-state index in [4.69, 9.17) is 4.74 Å². The molecule has 0 aromatic carbocycles. The highest BCUT2D eigenvalue weighted by molar-refractivity contribution is 7.99. The number of rotatable bonds is 27. The number of amides is 1. The van der Waals surface area contributed by atoms with Crippen molar-refractivity contribution >= 4 is 29.9 Å². The van der Waals surface area contributed by atoms with Crippen molar-refractivity contribution in [1.29, 1.82) is 0 Å². The van der Waals surface area contributed by atoms with Crippen molar-refractivity contribution in [2.75, 3.05) is 18.1 Å². The zero-order chi connectivity index (χ0) is 29.6. The van der Waals surface area contributed by atoms with Gasteiger partial charge in [0.15, 0.2) is 0 Å². The number of unbranched alkanes of at least 4 members (excludes halogenated alkanes) is 10. The molecular formula is C33H65NO4S. The van der Waals surface area contributed by atoms with Crippen LogP contribution in [0.4, 0.5) is 0 Å². The Morgan fingerprint density at radius 1 is 0.744 bits per heavy atom. The SMILES string of the molecule is CC.CCCCCCCCC(CCCCCC)C(=O)NC(C=O)CCSCCC(=O)OCCCCCC(C)C. The van der Waals surface area contributed by atoms with Crippen LogP contribution >= 0.6 is 11.8 Å². The van der Waals surface area contributed by atoms with E-state index in [0.29, 0.717) is 25.2 Å². The lowest BCUT2D eigenvalue weighted by Crippen LogP contribution is -2.40. The van der Waals surface area contributed by atoms with Crippen LogP contribution in [0.2, 0.25) is 0 Å². The molecule has 1 N–H and O–H groups in total. The Labute approximate surface area is 247 Å². The Morgan fingerprint density at radius 3 is 1.87 bits per heavy atom. The molecule has 0 bridgehead atoms. The lowest BCUT2D eigenvalue weighted by atomic mass is 9.93. The Morgan fingerprint density at radius 2 is 1.28 bits per heavy atom. The molecule has 1 amide bonds. The standard InChI is InChI=1S/C31H59NO4S.C2H6/c1-5-7-9-11-12-16-20-28(19-15-10-8-6-2)31(35)32-29(26-33)21-24-37-25-22-30(34)36-23-17-13-14-18-27(3)4;1-2/h26-29H,5-25H2,1-4H3,(H,32,35);1-2H3. The summed E-state index contributed by atoms with van der Waals surface area (Å²) in [6.45, 7) is 13.4.